The number of rotatable bonds is 10. The van der Waals surface area contributed by atoms with Gasteiger partial charge in [-0.15, -0.1) is 0 Å². The molecule has 0 aliphatic carbocycles. The lowest BCUT2D eigenvalue weighted by atomic mass is 9.86. The average molecular weight is 527 g/mol. The van der Waals surface area contributed by atoms with Crippen molar-refractivity contribution in [1.29, 1.82) is 0 Å². The molecule has 1 aliphatic heterocycles. The number of aryl methyl sites for hydroxylation is 2. The summed E-state index contributed by atoms with van der Waals surface area (Å²) in [6, 6.07) is 13.7. The number of halogens is 1. The highest BCUT2D eigenvalue weighted by molar-refractivity contribution is 6.35. The van der Waals surface area contributed by atoms with E-state index in [-0.39, 0.29) is 11.9 Å². The van der Waals surface area contributed by atoms with E-state index < -0.39 is 11.5 Å². The summed E-state index contributed by atoms with van der Waals surface area (Å²) in [6.45, 7) is 5.57. The van der Waals surface area contributed by atoms with E-state index in [1.54, 1.807) is 14.0 Å². The average Bonchev–Trinajstić information content (AvgIpc) is 3.50. The van der Waals surface area contributed by atoms with Crippen LogP contribution >= 0.6 is 11.6 Å². The molecule has 2 unspecified atom stereocenters. The molecule has 1 N–H and O–H groups in total. The number of ether oxygens (including phenoxy) is 3. The Hall–Kier alpha value is -2.87. The van der Waals surface area contributed by atoms with Crippen molar-refractivity contribution in [3.8, 4) is 0 Å². The summed E-state index contributed by atoms with van der Waals surface area (Å²) in [5.74, 6) is -0.861. The Morgan fingerprint density at radius 3 is 2.57 bits per heavy atom. The molecule has 1 fully saturated rings. The lowest BCUT2D eigenvalue weighted by Gasteiger charge is -2.30. The van der Waals surface area contributed by atoms with E-state index in [2.05, 4.69) is 18.3 Å². The third-order valence-electron chi connectivity index (χ3n) is 7.23. The van der Waals surface area contributed by atoms with E-state index >= 15 is 0 Å². The van der Waals surface area contributed by atoms with Gasteiger partial charge in [-0.05, 0) is 54.7 Å². The molecule has 198 valence electrons. The maximum atomic E-state index is 13.6. The minimum absolute atomic E-state index is 0.188. The van der Waals surface area contributed by atoms with Gasteiger partial charge in [0.05, 0.1) is 35.2 Å². The Balaban J connectivity index is 1.62. The topological polar surface area (TPSA) is 78.8 Å². The summed E-state index contributed by atoms with van der Waals surface area (Å²) in [4.78, 5) is 26.1. The fraction of sp³-hybridized carbons (Fsp3) is 0.448. The molecule has 1 aliphatic rings. The molecule has 2 heterocycles. The highest BCUT2D eigenvalue weighted by Crippen LogP contribution is 2.34. The minimum atomic E-state index is -0.670. The van der Waals surface area contributed by atoms with Crippen molar-refractivity contribution in [1.82, 2.24) is 9.88 Å². The highest BCUT2D eigenvalue weighted by atomic mass is 35.5. The predicted octanol–water partition coefficient (Wildman–Crippen LogP) is 5.12. The summed E-state index contributed by atoms with van der Waals surface area (Å²) in [7, 11) is 3.50. The molecule has 2 aromatic carbocycles. The smallest absolute Gasteiger partial charge is 0.313 e. The number of amides is 1. The van der Waals surface area contributed by atoms with Crippen molar-refractivity contribution < 1.29 is 23.8 Å². The summed E-state index contributed by atoms with van der Waals surface area (Å²) < 4.78 is 18.1. The van der Waals surface area contributed by atoms with Crippen LogP contribution in [0.2, 0.25) is 5.02 Å². The molecule has 1 amide bonds. The number of carbonyl (C=O) groups excluding carboxylic acids is 2. The second kappa shape index (κ2) is 11.7. The van der Waals surface area contributed by atoms with Crippen LogP contribution < -0.4 is 5.32 Å². The second-order valence-electron chi connectivity index (χ2n) is 9.50. The number of carbonyl (C=O) groups is 2. The fourth-order valence-electron chi connectivity index (χ4n) is 5.04. The first-order valence-corrected chi connectivity index (χ1v) is 13.2. The van der Waals surface area contributed by atoms with E-state index in [0.717, 1.165) is 34.0 Å². The molecule has 37 heavy (non-hydrogen) atoms. The Morgan fingerprint density at radius 1 is 1.19 bits per heavy atom. The monoisotopic (exact) mass is 526 g/mol. The van der Waals surface area contributed by atoms with Crippen LogP contribution in [0.4, 0.5) is 0 Å². The van der Waals surface area contributed by atoms with Gasteiger partial charge >= 0.3 is 5.97 Å². The number of aromatic nitrogens is 1. The third kappa shape index (κ3) is 5.54. The number of benzene rings is 2. The highest BCUT2D eigenvalue weighted by Gasteiger charge is 2.39. The molecule has 2 atom stereocenters. The van der Waals surface area contributed by atoms with Gasteiger partial charge in [-0.2, -0.15) is 0 Å². The van der Waals surface area contributed by atoms with Crippen LogP contribution in [0.5, 0.6) is 0 Å². The molecule has 8 heteroatoms. The third-order valence-corrected chi connectivity index (χ3v) is 7.55. The van der Waals surface area contributed by atoms with Crippen molar-refractivity contribution in [3.63, 3.8) is 0 Å². The molecule has 0 spiro atoms. The summed E-state index contributed by atoms with van der Waals surface area (Å²) in [6.07, 6.45) is 2.04. The van der Waals surface area contributed by atoms with Crippen molar-refractivity contribution in [2.24, 2.45) is 7.05 Å². The van der Waals surface area contributed by atoms with Crippen molar-refractivity contribution >= 4 is 34.4 Å². The molecule has 1 aromatic heterocycles. The summed E-state index contributed by atoms with van der Waals surface area (Å²) >= 11 is 6.53. The van der Waals surface area contributed by atoms with Gasteiger partial charge in [0, 0.05) is 39.2 Å². The van der Waals surface area contributed by atoms with Crippen LogP contribution in [0.1, 0.15) is 59.8 Å². The van der Waals surface area contributed by atoms with Crippen LogP contribution in [0.25, 0.3) is 10.9 Å². The van der Waals surface area contributed by atoms with E-state index in [1.807, 2.05) is 48.0 Å². The van der Waals surface area contributed by atoms with E-state index in [4.69, 9.17) is 25.8 Å². The lowest BCUT2D eigenvalue weighted by molar-refractivity contribution is -0.145. The predicted molar refractivity (Wildman–Crippen MR) is 144 cm³/mol. The van der Waals surface area contributed by atoms with Gasteiger partial charge in [-0.1, -0.05) is 42.8 Å². The number of methoxy groups -OCH3 is 1. The van der Waals surface area contributed by atoms with Gasteiger partial charge in [-0.3, -0.25) is 9.59 Å². The first-order chi connectivity index (χ1) is 17.8. The van der Waals surface area contributed by atoms with Crippen molar-refractivity contribution in [2.45, 2.75) is 44.6 Å². The first-order valence-electron chi connectivity index (χ1n) is 12.8. The maximum Gasteiger partial charge on any atom is 0.313 e. The maximum absolute atomic E-state index is 13.6. The number of esters is 1. The number of hydrogen-bond donors (Lipinski definition) is 1. The fourth-order valence-corrected chi connectivity index (χ4v) is 5.33. The number of nitrogens with zero attached hydrogens (tertiary/aromatic N) is 1. The molecule has 1 saturated heterocycles. The van der Waals surface area contributed by atoms with Gasteiger partial charge in [0.1, 0.15) is 5.69 Å². The number of fused-ring (bicyclic) bond motifs is 1. The van der Waals surface area contributed by atoms with Gasteiger partial charge in [0.25, 0.3) is 5.91 Å². The van der Waals surface area contributed by atoms with Crippen molar-refractivity contribution in [3.05, 3.63) is 69.9 Å². The normalized spacial score (nSPS) is 18.2. The van der Waals surface area contributed by atoms with Gasteiger partial charge in [-0.25, -0.2) is 0 Å². The Bertz CT molecular complexity index is 1260. The Morgan fingerprint density at radius 2 is 1.95 bits per heavy atom. The molecule has 0 radical (unpaired) electrons. The molecule has 0 bridgehead atoms. The number of hydrogen-bond acceptors (Lipinski definition) is 5. The minimum Gasteiger partial charge on any atom is -0.466 e. The molecule has 3 aromatic rings. The second-order valence-corrected chi connectivity index (χ2v) is 9.91. The van der Waals surface area contributed by atoms with Crippen molar-refractivity contribution in [2.75, 3.05) is 33.5 Å². The first kappa shape index (κ1) is 27.2. The lowest BCUT2D eigenvalue weighted by Crippen LogP contribution is -2.47. The molecule has 7 nitrogen and oxygen atoms in total. The van der Waals surface area contributed by atoms with Crippen LogP contribution in [0, 0.1) is 0 Å². The van der Waals surface area contributed by atoms with Crippen LogP contribution in [0.3, 0.4) is 0 Å². The van der Waals surface area contributed by atoms with Gasteiger partial charge < -0.3 is 24.1 Å². The van der Waals surface area contributed by atoms with Crippen LogP contribution in [0.15, 0.2) is 42.5 Å². The Kier molecular flexibility index (Phi) is 8.57. The molecular weight excluding hydrogens is 492 g/mol. The summed E-state index contributed by atoms with van der Waals surface area (Å²) in [5.41, 5.74) is 3.71. The molecule has 0 saturated carbocycles. The van der Waals surface area contributed by atoms with Crippen LogP contribution in [-0.2, 0) is 38.0 Å². The van der Waals surface area contributed by atoms with Gasteiger partial charge in [0.2, 0.25) is 0 Å². The quantitative estimate of drug-likeness (QED) is 0.371. The Labute approximate surface area is 223 Å². The van der Waals surface area contributed by atoms with E-state index in [0.29, 0.717) is 50.0 Å². The van der Waals surface area contributed by atoms with Crippen LogP contribution in [-0.4, -0.2) is 50.0 Å². The SMILES string of the molecule is CCOC(=O)C(CCOC)c1ccc(C2(NC(=O)c3cc4c(Cl)cc(CC)cc4n3C)CCOC2)cc1. The zero-order chi connectivity index (χ0) is 26.6. The van der Waals surface area contributed by atoms with Gasteiger partial charge in [0.15, 0.2) is 0 Å². The molecule has 4 rings (SSSR count). The standard InChI is InChI=1S/C29H35ClN2O5/c1-5-19-15-24(30)23-17-26(32(3)25(23)16-19)27(33)31-29(12-14-36-18-29)21-9-7-20(8-10-21)22(11-13-35-4)28(34)37-6-2/h7-10,15-17,22H,5-6,11-14,18H2,1-4H3,(H,31,33). The van der Waals surface area contributed by atoms with E-state index in [1.165, 1.54) is 0 Å². The zero-order valence-electron chi connectivity index (χ0n) is 21.9. The molecular formula is C29H35ClN2O5. The summed E-state index contributed by atoms with van der Waals surface area (Å²) in [5, 5.41) is 4.76. The largest absolute Gasteiger partial charge is 0.466 e. The zero-order valence-corrected chi connectivity index (χ0v) is 22.7. The number of nitrogens with one attached hydrogen (secondary N) is 1. The van der Waals surface area contributed by atoms with E-state index in [9.17, 15) is 9.59 Å².